The lowest BCUT2D eigenvalue weighted by Gasteiger charge is -2.40. The van der Waals surface area contributed by atoms with Gasteiger partial charge in [0.25, 0.3) is 0 Å². The van der Waals surface area contributed by atoms with Crippen LogP contribution in [0.25, 0.3) is 0 Å². The number of hydrogen-bond acceptors (Lipinski definition) is 5. The number of aliphatic hydroxyl groups excluding tert-OH is 1. The van der Waals surface area contributed by atoms with E-state index in [1.165, 1.54) is 0 Å². The van der Waals surface area contributed by atoms with Gasteiger partial charge in [0, 0.05) is 17.6 Å². The van der Waals surface area contributed by atoms with Gasteiger partial charge in [0.2, 0.25) is 0 Å². The minimum Gasteiger partial charge on any atom is -0.373 e. The van der Waals surface area contributed by atoms with Crippen LogP contribution in [0.1, 0.15) is 19.4 Å². The van der Waals surface area contributed by atoms with Crippen molar-refractivity contribution in [2.75, 3.05) is 5.32 Å². The first kappa shape index (κ1) is 19.0. The molecule has 144 valence electrons. The molecule has 0 aliphatic carbocycles. The second kappa shape index (κ2) is 7.24. The summed E-state index contributed by atoms with van der Waals surface area (Å²) in [4.78, 5) is 4.97. The number of allylic oxidation sites excluding steroid dienone is 2. The Bertz CT molecular complexity index is 989. The second-order valence-corrected chi connectivity index (χ2v) is 7.88. The summed E-state index contributed by atoms with van der Waals surface area (Å²) >= 11 is 12.1. The maximum absolute atomic E-state index is 10.9. The summed E-state index contributed by atoms with van der Waals surface area (Å²) in [5, 5.41) is 21.2. The van der Waals surface area contributed by atoms with Gasteiger partial charge in [-0.3, -0.25) is 4.99 Å². The number of anilines is 1. The number of nitrogens with zero attached hydrogens (tertiary/aromatic N) is 3. The largest absolute Gasteiger partial charge is 0.373 e. The Morgan fingerprint density at radius 1 is 1.14 bits per heavy atom. The summed E-state index contributed by atoms with van der Waals surface area (Å²) < 4.78 is 0. The molecular weight excluding hydrogens is 395 g/mol. The van der Waals surface area contributed by atoms with E-state index in [1.807, 2.05) is 55.3 Å². The highest BCUT2D eigenvalue weighted by Gasteiger charge is 2.49. The van der Waals surface area contributed by atoms with Crippen molar-refractivity contribution in [2.24, 2.45) is 16.0 Å². The minimum atomic E-state index is -0.914. The first-order valence-corrected chi connectivity index (χ1v) is 9.71. The fourth-order valence-corrected chi connectivity index (χ4v) is 3.92. The maximum Gasteiger partial charge on any atom is 0.162 e. The summed E-state index contributed by atoms with van der Waals surface area (Å²) in [6.45, 7) is 3.97. The summed E-state index contributed by atoms with van der Waals surface area (Å²) in [7, 11) is 0. The summed E-state index contributed by atoms with van der Waals surface area (Å²) in [5.41, 5.74) is 2.80. The predicted octanol–water partition coefficient (Wildman–Crippen LogP) is 4.76. The van der Waals surface area contributed by atoms with Crippen molar-refractivity contribution < 1.29 is 5.11 Å². The van der Waals surface area contributed by atoms with Crippen LogP contribution in [0.15, 0.2) is 70.4 Å². The average molecular weight is 415 g/mol. The number of fused-ring (bicyclic) bond motifs is 1. The fraction of sp³-hybridized carbons (Fsp3) is 0.238. The maximum atomic E-state index is 10.9. The van der Waals surface area contributed by atoms with E-state index in [2.05, 4.69) is 10.4 Å². The molecule has 3 atom stereocenters. The van der Waals surface area contributed by atoms with Crippen molar-refractivity contribution in [3.63, 3.8) is 0 Å². The van der Waals surface area contributed by atoms with Gasteiger partial charge >= 0.3 is 0 Å². The van der Waals surface area contributed by atoms with Crippen LogP contribution in [0.3, 0.4) is 0 Å². The lowest BCUT2D eigenvalue weighted by molar-refractivity contribution is 0.0675. The highest BCUT2D eigenvalue weighted by molar-refractivity contribution is 6.42. The van der Waals surface area contributed by atoms with Gasteiger partial charge in [-0.15, -0.1) is 0 Å². The average Bonchev–Trinajstić information content (AvgIpc) is 3.03. The Kier molecular flexibility index (Phi) is 4.91. The van der Waals surface area contributed by atoms with Crippen molar-refractivity contribution in [3.05, 3.63) is 75.9 Å². The Morgan fingerprint density at radius 3 is 2.61 bits per heavy atom. The van der Waals surface area contributed by atoms with Gasteiger partial charge in [-0.05, 0) is 43.7 Å². The van der Waals surface area contributed by atoms with E-state index in [4.69, 9.17) is 28.2 Å². The van der Waals surface area contributed by atoms with Crippen molar-refractivity contribution in [1.29, 1.82) is 0 Å². The molecule has 2 aliphatic rings. The molecule has 0 saturated carbocycles. The standard InChI is InChI=1S/C21H20Cl2N4O/c1-13-10-19(14-6-4-3-5-7-14)26-21(2)16(12-24-27(13)21)20(28)25-15-8-9-17(22)18(23)11-15/h3-12,16,20,25,28H,1-2H3. The van der Waals surface area contributed by atoms with E-state index in [-0.39, 0.29) is 5.92 Å². The zero-order chi connectivity index (χ0) is 19.9. The second-order valence-electron chi connectivity index (χ2n) is 7.06. The molecule has 0 bridgehead atoms. The van der Waals surface area contributed by atoms with E-state index in [0.717, 1.165) is 17.0 Å². The highest BCUT2D eigenvalue weighted by atomic mass is 35.5. The quantitative estimate of drug-likeness (QED) is 0.708. The number of aliphatic imine (C=N–C) groups is 1. The van der Waals surface area contributed by atoms with Crippen LogP contribution in [-0.2, 0) is 0 Å². The van der Waals surface area contributed by atoms with Gasteiger partial charge in [0.15, 0.2) is 5.66 Å². The van der Waals surface area contributed by atoms with Crippen LogP contribution in [-0.4, -0.2) is 33.9 Å². The van der Waals surface area contributed by atoms with Gasteiger partial charge in [-0.1, -0.05) is 53.5 Å². The molecular formula is C21H20Cl2N4O. The lowest BCUT2D eigenvalue weighted by Crippen LogP contribution is -2.51. The molecule has 7 heteroatoms. The van der Waals surface area contributed by atoms with Gasteiger partial charge in [-0.25, -0.2) is 5.01 Å². The first-order chi connectivity index (χ1) is 13.4. The van der Waals surface area contributed by atoms with Crippen molar-refractivity contribution in [1.82, 2.24) is 5.01 Å². The number of nitrogens with one attached hydrogen (secondary N) is 1. The molecule has 2 aromatic carbocycles. The normalized spacial score (nSPS) is 24.5. The van der Waals surface area contributed by atoms with Crippen LogP contribution in [0.2, 0.25) is 10.0 Å². The number of rotatable bonds is 4. The topological polar surface area (TPSA) is 60.2 Å². The van der Waals surface area contributed by atoms with Crippen LogP contribution in [0, 0.1) is 5.92 Å². The number of benzene rings is 2. The molecule has 3 unspecified atom stereocenters. The van der Waals surface area contributed by atoms with Crippen molar-refractivity contribution in [2.45, 2.75) is 25.7 Å². The highest BCUT2D eigenvalue weighted by Crippen LogP contribution is 2.39. The lowest BCUT2D eigenvalue weighted by atomic mass is 9.91. The Hall–Kier alpha value is -2.34. The molecule has 4 rings (SSSR count). The Labute approximate surface area is 174 Å². The van der Waals surface area contributed by atoms with E-state index >= 15 is 0 Å². The number of hydrazone groups is 1. The predicted molar refractivity (Wildman–Crippen MR) is 115 cm³/mol. The molecule has 0 spiro atoms. The number of halogens is 2. The van der Waals surface area contributed by atoms with E-state index < -0.39 is 11.9 Å². The third-order valence-electron chi connectivity index (χ3n) is 5.07. The molecule has 0 amide bonds. The van der Waals surface area contributed by atoms with Gasteiger partial charge in [-0.2, -0.15) is 5.10 Å². The van der Waals surface area contributed by atoms with Crippen LogP contribution in [0.4, 0.5) is 5.69 Å². The van der Waals surface area contributed by atoms with Gasteiger partial charge in [0.05, 0.1) is 21.7 Å². The SMILES string of the molecule is CC1=CC(c2ccccc2)=NC2(C)C(C(O)Nc3ccc(Cl)c(Cl)c3)C=NN12. The summed E-state index contributed by atoms with van der Waals surface area (Å²) in [6.07, 6.45) is 2.84. The van der Waals surface area contributed by atoms with Crippen LogP contribution < -0.4 is 5.32 Å². The molecule has 2 N–H and O–H groups in total. The number of hydrogen-bond donors (Lipinski definition) is 2. The van der Waals surface area contributed by atoms with Crippen LogP contribution >= 0.6 is 23.2 Å². The van der Waals surface area contributed by atoms with E-state index in [0.29, 0.717) is 15.7 Å². The molecule has 0 saturated heterocycles. The van der Waals surface area contributed by atoms with E-state index in [9.17, 15) is 5.11 Å². The molecule has 0 aromatic heterocycles. The minimum absolute atomic E-state index is 0.371. The third-order valence-corrected chi connectivity index (χ3v) is 5.81. The molecule has 2 aliphatic heterocycles. The first-order valence-electron chi connectivity index (χ1n) is 8.96. The molecule has 0 radical (unpaired) electrons. The molecule has 2 heterocycles. The number of aliphatic hydroxyl groups is 1. The van der Waals surface area contributed by atoms with Gasteiger partial charge in [0.1, 0.15) is 6.23 Å². The third kappa shape index (κ3) is 3.30. The zero-order valence-corrected chi connectivity index (χ0v) is 17.0. The molecule has 2 aromatic rings. The molecule has 0 fully saturated rings. The van der Waals surface area contributed by atoms with Gasteiger partial charge < -0.3 is 10.4 Å². The van der Waals surface area contributed by atoms with Crippen molar-refractivity contribution >= 4 is 40.8 Å². The fourth-order valence-electron chi connectivity index (χ4n) is 3.63. The van der Waals surface area contributed by atoms with Crippen LogP contribution in [0.5, 0.6) is 0 Å². The summed E-state index contributed by atoms with van der Waals surface area (Å²) in [5.74, 6) is -0.371. The molecule has 28 heavy (non-hydrogen) atoms. The Balaban J connectivity index is 1.64. The summed E-state index contributed by atoms with van der Waals surface area (Å²) in [6, 6.07) is 15.1. The molecule has 5 nitrogen and oxygen atoms in total. The van der Waals surface area contributed by atoms with E-state index in [1.54, 1.807) is 24.4 Å². The smallest absolute Gasteiger partial charge is 0.162 e. The monoisotopic (exact) mass is 414 g/mol. The Morgan fingerprint density at radius 2 is 1.89 bits per heavy atom. The van der Waals surface area contributed by atoms with Crippen molar-refractivity contribution in [3.8, 4) is 0 Å². The zero-order valence-electron chi connectivity index (χ0n) is 15.5.